The summed E-state index contributed by atoms with van der Waals surface area (Å²) in [5.41, 5.74) is 5.96. The predicted molar refractivity (Wildman–Crippen MR) is 139 cm³/mol. The van der Waals surface area contributed by atoms with E-state index >= 15 is 0 Å². The highest BCUT2D eigenvalue weighted by molar-refractivity contribution is 6.05. The normalized spacial score (nSPS) is 20.4. The SMILES string of the molecule is CN1c2ccccc2NC1Cc1ccc(COc2cccc3c2CN(C2CCC(=O)NC2=O)C3=O)cc1. The molecule has 3 amide bonds. The van der Waals surface area contributed by atoms with E-state index in [-0.39, 0.29) is 24.4 Å². The molecule has 2 atom stereocenters. The minimum Gasteiger partial charge on any atom is -0.489 e. The molecule has 0 bridgehead atoms. The van der Waals surface area contributed by atoms with Crippen molar-refractivity contribution in [2.75, 3.05) is 17.3 Å². The third-order valence-corrected chi connectivity index (χ3v) is 7.46. The van der Waals surface area contributed by atoms with Gasteiger partial charge in [0.1, 0.15) is 24.6 Å². The Morgan fingerprint density at radius 3 is 2.51 bits per heavy atom. The van der Waals surface area contributed by atoms with Gasteiger partial charge in [0.15, 0.2) is 0 Å². The minimum atomic E-state index is -0.640. The Kier molecular flexibility index (Phi) is 5.79. The molecule has 1 saturated heterocycles. The molecule has 3 aliphatic rings. The molecule has 0 saturated carbocycles. The lowest BCUT2D eigenvalue weighted by atomic mass is 10.0. The zero-order valence-corrected chi connectivity index (χ0v) is 20.6. The third kappa shape index (κ3) is 4.28. The highest BCUT2D eigenvalue weighted by Crippen LogP contribution is 2.35. The molecule has 2 unspecified atom stereocenters. The molecule has 8 nitrogen and oxygen atoms in total. The number of nitrogens with one attached hydrogen (secondary N) is 2. The third-order valence-electron chi connectivity index (χ3n) is 7.46. The van der Waals surface area contributed by atoms with E-state index in [2.05, 4.69) is 65.0 Å². The molecule has 3 aromatic carbocycles. The van der Waals surface area contributed by atoms with E-state index in [1.807, 2.05) is 12.1 Å². The molecule has 0 aliphatic carbocycles. The monoisotopic (exact) mass is 496 g/mol. The van der Waals surface area contributed by atoms with E-state index in [0.29, 0.717) is 30.9 Å². The zero-order valence-electron chi connectivity index (χ0n) is 20.6. The number of fused-ring (bicyclic) bond motifs is 2. The van der Waals surface area contributed by atoms with Crippen molar-refractivity contribution >= 4 is 29.1 Å². The molecule has 8 heteroatoms. The highest BCUT2D eigenvalue weighted by Gasteiger charge is 2.40. The second-order valence-electron chi connectivity index (χ2n) is 9.78. The van der Waals surface area contributed by atoms with Gasteiger partial charge in [-0.25, -0.2) is 0 Å². The second-order valence-corrected chi connectivity index (χ2v) is 9.78. The first kappa shape index (κ1) is 23.1. The first-order chi connectivity index (χ1) is 18.0. The van der Waals surface area contributed by atoms with Gasteiger partial charge in [0, 0.05) is 31.0 Å². The summed E-state index contributed by atoms with van der Waals surface area (Å²) in [6.45, 7) is 0.663. The van der Waals surface area contributed by atoms with Gasteiger partial charge in [-0.2, -0.15) is 0 Å². The molecular formula is C29H28N4O4. The van der Waals surface area contributed by atoms with Crippen LogP contribution in [0.5, 0.6) is 5.75 Å². The van der Waals surface area contributed by atoms with Crippen molar-refractivity contribution in [1.82, 2.24) is 10.2 Å². The van der Waals surface area contributed by atoms with E-state index in [4.69, 9.17) is 4.74 Å². The van der Waals surface area contributed by atoms with Gasteiger partial charge >= 0.3 is 0 Å². The number of hydrogen-bond donors (Lipinski definition) is 2. The van der Waals surface area contributed by atoms with Crippen molar-refractivity contribution < 1.29 is 19.1 Å². The highest BCUT2D eigenvalue weighted by atomic mass is 16.5. The Hall–Kier alpha value is -4.33. The van der Waals surface area contributed by atoms with Gasteiger partial charge in [-0.05, 0) is 41.8 Å². The summed E-state index contributed by atoms with van der Waals surface area (Å²) in [7, 11) is 2.11. The minimum absolute atomic E-state index is 0.202. The maximum Gasteiger partial charge on any atom is 0.255 e. The number of ether oxygens (including phenoxy) is 1. The number of hydrogen-bond acceptors (Lipinski definition) is 6. The van der Waals surface area contributed by atoms with E-state index in [1.54, 1.807) is 17.0 Å². The summed E-state index contributed by atoms with van der Waals surface area (Å²) >= 11 is 0. The molecule has 1 fully saturated rings. The van der Waals surface area contributed by atoms with E-state index < -0.39 is 11.9 Å². The molecule has 2 N–H and O–H groups in total. The molecule has 6 rings (SSSR count). The van der Waals surface area contributed by atoms with Gasteiger partial charge in [0.25, 0.3) is 5.91 Å². The van der Waals surface area contributed by atoms with Crippen molar-refractivity contribution in [2.24, 2.45) is 0 Å². The van der Waals surface area contributed by atoms with Crippen molar-refractivity contribution in [1.29, 1.82) is 0 Å². The van der Waals surface area contributed by atoms with Gasteiger partial charge in [-0.1, -0.05) is 42.5 Å². The van der Waals surface area contributed by atoms with Crippen molar-refractivity contribution in [3.05, 3.63) is 89.0 Å². The van der Waals surface area contributed by atoms with E-state index in [0.717, 1.165) is 23.2 Å². The summed E-state index contributed by atoms with van der Waals surface area (Å²) in [4.78, 5) is 40.7. The summed E-state index contributed by atoms with van der Waals surface area (Å²) in [5.74, 6) is -0.272. The van der Waals surface area contributed by atoms with Crippen molar-refractivity contribution in [2.45, 2.75) is 44.6 Å². The number of para-hydroxylation sites is 2. The Labute approximate surface area is 215 Å². The number of likely N-dealkylation sites (N-methyl/N-ethyl adjacent to an activating group) is 1. The average Bonchev–Trinajstić information content (AvgIpc) is 3.40. The van der Waals surface area contributed by atoms with Gasteiger partial charge in [-0.15, -0.1) is 0 Å². The number of carbonyl (C=O) groups excluding carboxylic acids is 3. The largest absolute Gasteiger partial charge is 0.489 e. The first-order valence-electron chi connectivity index (χ1n) is 12.5. The quantitative estimate of drug-likeness (QED) is 0.508. The number of rotatable bonds is 6. The standard InChI is InChI=1S/C29H28N4O4/c1-32-23-7-3-2-6-22(23)30-26(32)15-18-9-11-19(12-10-18)17-37-25-8-4-5-20-21(25)16-33(29(20)36)24-13-14-27(34)31-28(24)35/h2-12,24,26,30H,13-17H2,1H3,(H,31,34,35). The van der Waals surface area contributed by atoms with Crippen LogP contribution in [-0.4, -0.2) is 41.9 Å². The van der Waals surface area contributed by atoms with Gasteiger partial charge in [0.05, 0.1) is 17.9 Å². The van der Waals surface area contributed by atoms with Crippen LogP contribution in [0.2, 0.25) is 0 Å². The summed E-state index contributed by atoms with van der Waals surface area (Å²) in [5, 5.41) is 5.92. The number of imide groups is 1. The number of benzene rings is 3. The summed E-state index contributed by atoms with van der Waals surface area (Å²) < 4.78 is 6.14. The Balaban J connectivity index is 1.10. The number of nitrogens with zero attached hydrogens (tertiary/aromatic N) is 2. The predicted octanol–water partition coefficient (Wildman–Crippen LogP) is 3.46. The Morgan fingerprint density at radius 2 is 1.73 bits per heavy atom. The molecule has 188 valence electrons. The molecular weight excluding hydrogens is 468 g/mol. The van der Waals surface area contributed by atoms with Crippen LogP contribution in [0.25, 0.3) is 0 Å². The molecule has 0 spiro atoms. The molecule has 0 aromatic heterocycles. The van der Waals surface area contributed by atoms with Crippen molar-refractivity contribution in [3.8, 4) is 5.75 Å². The molecule has 3 aromatic rings. The van der Waals surface area contributed by atoms with Crippen LogP contribution in [0.1, 0.15) is 39.9 Å². The maximum absolute atomic E-state index is 13.0. The van der Waals surface area contributed by atoms with E-state index in [1.165, 1.54) is 11.3 Å². The topological polar surface area (TPSA) is 91.0 Å². The van der Waals surface area contributed by atoms with Crippen LogP contribution in [0.3, 0.4) is 0 Å². The second kappa shape index (κ2) is 9.28. The number of carbonyl (C=O) groups is 3. The summed E-state index contributed by atoms with van der Waals surface area (Å²) in [6.07, 6.45) is 1.65. The Morgan fingerprint density at radius 1 is 0.946 bits per heavy atom. The first-order valence-corrected chi connectivity index (χ1v) is 12.5. The fourth-order valence-corrected chi connectivity index (χ4v) is 5.38. The number of piperidine rings is 1. The van der Waals surface area contributed by atoms with Crippen LogP contribution >= 0.6 is 0 Å². The van der Waals surface area contributed by atoms with Crippen molar-refractivity contribution in [3.63, 3.8) is 0 Å². The molecule has 3 aliphatic heterocycles. The van der Waals surface area contributed by atoms with Crippen LogP contribution in [0.15, 0.2) is 66.7 Å². The van der Waals surface area contributed by atoms with Gasteiger partial charge in [-0.3, -0.25) is 19.7 Å². The van der Waals surface area contributed by atoms with Crippen LogP contribution in [-0.2, 0) is 29.2 Å². The lowest BCUT2D eigenvalue weighted by molar-refractivity contribution is -0.136. The van der Waals surface area contributed by atoms with Crippen LogP contribution < -0.4 is 20.3 Å². The van der Waals surface area contributed by atoms with Gasteiger partial charge in [0.2, 0.25) is 11.8 Å². The Bertz CT molecular complexity index is 1390. The smallest absolute Gasteiger partial charge is 0.255 e. The molecule has 0 radical (unpaired) electrons. The lowest BCUT2D eigenvalue weighted by Crippen LogP contribution is -2.52. The lowest BCUT2D eigenvalue weighted by Gasteiger charge is -2.29. The zero-order chi connectivity index (χ0) is 25.5. The van der Waals surface area contributed by atoms with Crippen LogP contribution in [0.4, 0.5) is 11.4 Å². The van der Waals surface area contributed by atoms with Gasteiger partial charge < -0.3 is 19.9 Å². The number of amides is 3. The average molecular weight is 497 g/mol. The number of anilines is 2. The molecule has 3 heterocycles. The fraction of sp³-hybridized carbons (Fsp3) is 0.276. The maximum atomic E-state index is 13.0. The van der Waals surface area contributed by atoms with Crippen LogP contribution in [0, 0.1) is 0 Å². The van der Waals surface area contributed by atoms with E-state index in [9.17, 15) is 14.4 Å². The fourth-order valence-electron chi connectivity index (χ4n) is 5.38. The molecule has 37 heavy (non-hydrogen) atoms. The summed E-state index contributed by atoms with van der Waals surface area (Å²) in [6, 6.07) is 21.5.